The van der Waals surface area contributed by atoms with Crippen molar-refractivity contribution in [2.75, 3.05) is 0 Å². The molecule has 0 saturated carbocycles. The Kier molecular flexibility index (Phi) is 2.40. The van der Waals surface area contributed by atoms with Crippen LogP contribution in [0.1, 0.15) is 17.5 Å². The Morgan fingerprint density at radius 1 is 1.24 bits per heavy atom. The summed E-state index contributed by atoms with van der Waals surface area (Å²) in [5, 5.41) is 9.72. The molecule has 0 saturated heterocycles. The summed E-state index contributed by atoms with van der Waals surface area (Å²) in [4.78, 5) is 14.0. The number of H-pyrrole nitrogens is 1. The lowest BCUT2D eigenvalue weighted by molar-refractivity contribution is -0.136. The molecule has 0 spiro atoms. The van der Waals surface area contributed by atoms with Gasteiger partial charge in [0.15, 0.2) is 0 Å². The smallest absolute Gasteiger partial charge is 0.303 e. The van der Waals surface area contributed by atoms with Crippen molar-refractivity contribution < 1.29 is 19.8 Å². The first-order chi connectivity index (χ1) is 11.8. The Hall–Kier alpha value is -2.62. The van der Waals surface area contributed by atoms with Crippen molar-refractivity contribution in [3.05, 3.63) is 59.8 Å². The standard InChI is InChI=1S/C17H14FNO2/c18-12-7-5-11(6-8-12)17-14(9-10-16(20)21)13-3-1-2-4-15(13)19-17/h1-8,19H,9-10H2,(H,20,21)/i5D,6D,7D,8D. The Balaban J connectivity index is 2.33. The van der Waals surface area contributed by atoms with Crippen LogP contribution < -0.4 is 0 Å². The van der Waals surface area contributed by atoms with E-state index in [9.17, 15) is 9.18 Å². The Bertz CT molecular complexity index is 971. The monoisotopic (exact) mass is 287 g/mol. The van der Waals surface area contributed by atoms with Crippen LogP contribution in [-0.2, 0) is 11.2 Å². The number of rotatable bonds is 4. The Morgan fingerprint density at radius 2 is 1.95 bits per heavy atom. The Morgan fingerprint density at radius 3 is 2.67 bits per heavy atom. The summed E-state index contributed by atoms with van der Waals surface area (Å²) in [5.74, 6) is -2.20. The second-order valence-corrected chi connectivity index (χ2v) is 4.61. The van der Waals surface area contributed by atoms with E-state index < -0.39 is 36.0 Å². The van der Waals surface area contributed by atoms with Crippen molar-refractivity contribution in [3.8, 4) is 11.3 Å². The van der Waals surface area contributed by atoms with Gasteiger partial charge in [-0.2, -0.15) is 0 Å². The molecule has 0 amide bonds. The first-order valence-electron chi connectivity index (χ1n) is 8.40. The van der Waals surface area contributed by atoms with Crippen molar-refractivity contribution in [2.24, 2.45) is 0 Å². The number of aromatic amines is 1. The molecule has 0 bridgehead atoms. The van der Waals surface area contributed by atoms with Crippen LogP contribution >= 0.6 is 0 Å². The van der Waals surface area contributed by atoms with Gasteiger partial charge in [-0.15, -0.1) is 0 Å². The molecule has 3 nitrogen and oxygen atoms in total. The van der Waals surface area contributed by atoms with Gasteiger partial charge >= 0.3 is 5.97 Å². The number of benzene rings is 2. The molecule has 2 N–H and O–H groups in total. The lowest BCUT2D eigenvalue weighted by Crippen LogP contribution is -1.98. The summed E-state index contributed by atoms with van der Waals surface area (Å²) >= 11 is 0. The highest BCUT2D eigenvalue weighted by Gasteiger charge is 2.14. The highest BCUT2D eigenvalue weighted by atomic mass is 19.1. The summed E-state index contributed by atoms with van der Waals surface area (Å²) in [6.45, 7) is 0. The van der Waals surface area contributed by atoms with Crippen molar-refractivity contribution in [1.29, 1.82) is 0 Å². The summed E-state index contributed by atoms with van der Waals surface area (Å²) in [6.07, 6.45) is -0.0101. The van der Waals surface area contributed by atoms with E-state index in [1.807, 2.05) is 0 Å². The number of hydrogen-bond donors (Lipinski definition) is 2. The van der Waals surface area contributed by atoms with E-state index >= 15 is 0 Å². The number of halogens is 1. The number of aliphatic carboxylic acids is 1. The maximum atomic E-state index is 13.8. The quantitative estimate of drug-likeness (QED) is 0.762. The van der Waals surface area contributed by atoms with E-state index in [-0.39, 0.29) is 18.4 Å². The molecule has 2 aromatic carbocycles. The Labute approximate surface area is 126 Å². The van der Waals surface area contributed by atoms with Gasteiger partial charge in [-0.1, -0.05) is 18.2 Å². The molecule has 0 radical (unpaired) electrons. The molecule has 0 unspecified atom stereocenters. The zero-order valence-electron chi connectivity index (χ0n) is 15.0. The summed E-state index contributed by atoms with van der Waals surface area (Å²) in [7, 11) is 0. The fourth-order valence-electron chi connectivity index (χ4n) is 2.33. The SMILES string of the molecule is [2H]c1c([2H])c(-c2[nH]c3ccccc3c2CCC(=O)O)c([2H])c([2H])c1F. The first-order valence-corrected chi connectivity index (χ1v) is 6.40. The van der Waals surface area contributed by atoms with Crippen LogP contribution in [0, 0.1) is 5.82 Å². The van der Waals surface area contributed by atoms with Gasteiger partial charge in [0.2, 0.25) is 0 Å². The average molecular weight is 287 g/mol. The predicted octanol–water partition coefficient (Wildman–Crippen LogP) is 3.99. The second-order valence-electron chi connectivity index (χ2n) is 4.61. The lowest BCUT2D eigenvalue weighted by atomic mass is 10.0. The van der Waals surface area contributed by atoms with Crippen LogP contribution in [0.15, 0.2) is 48.4 Å². The number of aryl methyl sites for hydroxylation is 1. The van der Waals surface area contributed by atoms with Crippen LogP contribution in [0.5, 0.6) is 0 Å². The van der Waals surface area contributed by atoms with Gasteiger partial charge in [-0.25, -0.2) is 4.39 Å². The fraction of sp³-hybridized carbons (Fsp3) is 0.118. The molecule has 4 heteroatoms. The van der Waals surface area contributed by atoms with Crippen LogP contribution in [-0.4, -0.2) is 16.1 Å². The minimum Gasteiger partial charge on any atom is -0.481 e. The minimum absolute atomic E-state index is 0.0620. The fourth-order valence-corrected chi connectivity index (χ4v) is 2.33. The number of carbonyl (C=O) groups is 1. The zero-order chi connectivity index (χ0) is 18.3. The van der Waals surface area contributed by atoms with Crippen LogP contribution in [0.2, 0.25) is 0 Å². The molecule has 21 heavy (non-hydrogen) atoms. The second kappa shape index (κ2) is 5.40. The minimum atomic E-state index is -1.21. The molecule has 0 aliphatic carbocycles. The normalized spacial score (nSPS) is 13.6. The van der Waals surface area contributed by atoms with Crippen molar-refractivity contribution in [3.63, 3.8) is 0 Å². The molecule has 0 atom stereocenters. The van der Waals surface area contributed by atoms with Gasteiger partial charge < -0.3 is 10.1 Å². The number of hydrogen-bond acceptors (Lipinski definition) is 1. The van der Waals surface area contributed by atoms with Crippen LogP contribution in [0.25, 0.3) is 22.2 Å². The van der Waals surface area contributed by atoms with Gasteiger partial charge in [0.05, 0.1) is 5.48 Å². The molecule has 0 fully saturated rings. The third-order valence-corrected chi connectivity index (χ3v) is 3.25. The third-order valence-electron chi connectivity index (χ3n) is 3.25. The number of fused-ring (bicyclic) bond motifs is 1. The van der Waals surface area contributed by atoms with Crippen LogP contribution in [0.4, 0.5) is 4.39 Å². The molecular weight excluding hydrogens is 269 g/mol. The highest BCUT2D eigenvalue weighted by Crippen LogP contribution is 2.31. The molecule has 1 heterocycles. The van der Waals surface area contributed by atoms with E-state index in [0.29, 0.717) is 16.8 Å². The summed E-state index contributed by atoms with van der Waals surface area (Å²) < 4.78 is 45.2. The maximum absolute atomic E-state index is 13.8. The number of carboxylic acid groups (broad SMARTS) is 1. The maximum Gasteiger partial charge on any atom is 0.303 e. The molecular formula is C17H14FNO2. The van der Waals surface area contributed by atoms with Gasteiger partial charge in [-0.05, 0) is 47.8 Å². The van der Waals surface area contributed by atoms with E-state index in [1.54, 1.807) is 24.3 Å². The lowest BCUT2D eigenvalue weighted by Gasteiger charge is -2.04. The van der Waals surface area contributed by atoms with Gasteiger partial charge in [0.25, 0.3) is 0 Å². The molecule has 3 rings (SSSR count). The van der Waals surface area contributed by atoms with E-state index in [4.69, 9.17) is 10.6 Å². The zero-order valence-corrected chi connectivity index (χ0v) is 11.0. The molecule has 106 valence electrons. The van der Waals surface area contributed by atoms with E-state index in [0.717, 1.165) is 5.39 Å². The predicted molar refractivity (Wildman–Crippen MR) is 79.6 cm³/mol. The van der Waals surface area contributed by atoms with E-state index in [1.165, 1.54) is 0 Å². The van der Waals surface area contributed by atoms with Crippen molar-refractivity contribution >= 4 is 16.9 Å². The van der Waals surface area contributed by atoms with Crippen molar-refractivity contribution in [2.45, 2.75) is 12.8 Å². The largest absolute Gasteiger partial charge is 0.481 e. The topological polar surface area (TPSA) is 53.1 Å². The summed E-state index contributed by atoms with van der Waals surface area (Å²) in [5.41, 5.74) is 1.48. The first kappa shape index (κ1) is 9.34. The van der Waals surface area contributed by atoms with Gasteiger partial charge in [0, 0.05) is 23.0 Å². The number of para-hydroxylation sites is 1. The van der Waals surface area contributed by atoms with Gasteiger partial charge in [0.1, 0.15) is 5.82 Å². The van der Waals surface area contributed by atoms with Gasteiger partial charge in [-0.3, -0.25) is 4.79 Å². The average Bonchev–Trinajstić information content (AvgIpc) is 2.94. The number of aromatic nitrogens is 1. The number of nitrogens with one attached hydrogen (secondary N) is 1. The van der Waals surface area contributed by atoms with E-state index in [2.05, 4.69) is 4.98 Å². The highest BCUT2D eigenvalue weighted by molar-refractivity contribution is 5.91. The van der Waals surface area contributed by atoms with Crippen LogP contribution in [0.3, 0.4) is 0 Å². The molecule has 3 aromatic rings. The molecule has 0 aliphatic rings. The third kappa shape index (κ3) is 2.65. The number of carboxylic acids is 1. The van der Waals surface area contributed by atoms with Crippen molar-refractivity contribution in [1.82, 2.24) is 4.98 Å². The molecule has 1 aromatic heterocycles. The molecule has 0 aliphatic heterocycles. The summed E-state index contributed by atoms with van der Waals surface area (Å²) in [6, 6.07) is 4.61.